The van der Waals surface area contributed by atoms with Crippen LogP contribution in [0, 0.1) is 5.92 Å². The van der Waals surface area contributed by atoms with Gasteiger partial charge in [0, 0.05) is 12.4 Å². The Morgan fingerprint density at radius 3 is 2.68 bits per heavy atom. The minimum atomic E-state index is -0.707. The number of pyridine rings is 1. The zero-order valence-corrected chi connectivity index (χ0v) is 12.3. The van der Waals surface area contributed by atoms with Crippen molar-refractivity contribution < 1.29 is 9.90 Å². The van der Waals surface area contributed by atoms with Crippen LogP contribution in [0.1, 0.15) is 0 Å². The number of aliphatic hydroxyl groups is 1. The topological polar surface area (TPSA) is 53.4 Å². The summed E-state index contributed by atoms with van der Waals surface area (Å²) in [6.45, 7) is 0. The van der Waals surface area contributed by atoms with E-state index in [9.17, 15) is 9.90 Å². The number of anilines is 1. The third-order valence-corrected chi connectivity index (χ3v) is 3.80. The molecule has 0 aliphatic carbocycles. The second kappa shape index (κ2) is 6.03. The SMILES string of the molecule is O=CC1C=CN(c2cc(-c3ccccc3)ccn2)C(Cl)=C1O. The number of carbonyl (C=O) groups excluding carboxylic acids is 1. The van der Waals surface area contributed by atoms with Crippen molar-refractivity contribution in [1.82, 2.24) is 4.98 Å². The molecule has 0 fully saturated rings. The molecule has 2 heterocycles. The lowest BCUT2D eigenvalue weighted by molar-refractivity contribution is -0.109. The fourth-order valence-electron chi connectivity index (χ4n) is 2.24. The number of aliphatic hydroxyl groups excluding tert-OH is 1. The molecule has 1 N–H and O–H groups in total. The van der Waals surface area contributed by atoms with Gasteiger partial charge in [0.1, 0.15) is 17.9 Å². The van der Waals surface area contributed by atoms with E-state index in [1.54, 1.807) is 23.4 Å². The molecule has 1 aliphatic heterocycles. The third kappa shape index (κ3) is 2.61. The summed E-state index contributed by atoms with van der Waals surface area (Å²) in [4.78, 5) is 16.7. The second-order valence-corrected chi connectivity index (χ2v) is 5.18. The zero-order valence-electron chi connectivity index (χ0n) is 11.6. The first-order valence-electron chi connectivity index (χ1n) is 6.73. The molecule has 4 nitrogen and oxygen atoms in total. The molecular formula is C17H13ClN2O2. The molecule has 0 radical (unpaired) electrons. The van der Waals surface area contributed by atoms with E-state index in [1.165, 1.54) is 0 Å². The van der Waals surface area contributed by atoms with Crippen LogP contribution < -0.4 is 4.90 Å². The molecule has 2 aromatic rings. The van der Waals surface area contributed by atoms with Crippen molar-refractivity contribution in [2.75, 3.05) is 4.90 Å². The minimum Gasteiger partial charge on any atom is -0.508 e. The number of hydrogen-bond donors (Lipinski definition) is 1. The van der Waals surface area contributed by atoms with Gasteiger partial charge in [-0.15, -0.1) is 0 Å². The monoisotopic (exact) mass is 312 g/mol. The molecular weight excluding hydrogens is 300 g/mol. The van der Waals surface area contributed by atoms with E-state index in [0.717, 1.165) is 11.1 Å². The molecule has 1 unspecified atom stereocenters. The van der Waals surface area contributed by atoms with Gasteiger partial charge in [-0.1, -0.05) is 41.9 Å². The number of nitrogens with zero attached hydrogens (tertiary/aromatic N) is 2. The number of allylic oxidation sites excluding steroid dienone is 1. The van der Waals surface area contributed by atoms with Gasteiger partial charge >= 0.3 is 0 Å². The van der Waals surface area contributed by atoms with Crippen molar-refractivity contribution in [3.05, 3.63) is 71.9 Å². The maximum absolute atomic E-state index is 10.9. The number of aldehydes is 1. The van der Waals surface area contributed by atoms with Gasteiger partial charge in [-0.25, -0.2) is 4.98 Å². The highest BCUT2D eigenvalue weighted by Gasteiger charge is 2.24. The van der Waals surface area contributed by atoms with Crippen LogP contribution in [-0.4, -0.2) is 16.4 Å². The normalized spacial score (nSPS) is 17.7. The van der Waals surface area contributed by atoms with Gasteiger partial charge in [-0.2, -0.15) is 0 Å². The standard InChI is InChI=1S/C17H13ClN2O2/c18-17-16(22)14(11-21)7-9-20(17)15-10-13(6-8-19-15)12-4-2-1-3-5-12/h1-11,14,22H. The highest BCUT2D eigenvalue weighted by atomic mass is 35.5. The van der Waals surface area contributed by atoms with Gasteiger partial charge < -0.3 is 9.90 Å². The number of halogens is 1. The summed E-state index contributed by atoms with van der Waals surface area (Å²) in [5, 5.41) is 10.0. The number of carbonyl (C=O) groups is 1. The number of hydrogen-bond acceptors (Lipinski definition) is 4. The quantitative estimate of drug-likeness (QED) is 0.690. The molecule has 1 aromatic carbocycles. The van der Waals surface area contributed by atoms with Crippen LogP contribution in [-0.2, 0) is 4.79 Å². The molecule has 0 amide bonds. The first-order valence-corrected chi connectivity index (χ1v) is 7.11. The Morgan fingerprint density at radius 2 is 1.95 bits per heavy atom. The van der Waals surface area contributed by atoms with Crippen LogP contribution >= 0.6 is 11.6 Å². The van der Waals surface area contributed by atoms with Crippen molar-refractivity contribution in [1.29, 1.82) is 0 Å². The summed E-state index contributed by atoms with van der Waals surface area (Å²) in [6.07, 6.45) is 5.53. The van der Waals surface area contributed by atoms with Crippen LogP contribution in [0.2, 0.25) is 0 Å². The zero-order chi connectivity index (χ0) is 15.5. The largest absolute Gasteiger partial charge is 0.508 e. The van der Waals surface area contributed by atoms with Crippen LogP contribution in [0.15, 0.2) is 71.9 Å². The highest BCUT2D eigenvalue weighted by Crippen LogP contribution is 2.31. The summed E-state index contributed by atoms with van der Waals surface area (Å²) in [6, 6.07) is 13.7. The van der Waals surface area contributed by atoms with Crippen molar-refractivity contribution in [2.24, 2.45) is 5.92 Å². The molecule has 110 valence electrons. The van der Waals surface area contributed by atoms with Crippen molar-refractivity contribution >= 4 is 23.7 Å². The number of benzene rings is 1. The summed E-state index contributed by atoms with van der Waals surface area (Å²) < 4.78 is 0. The first-order chi connectivity index (χ1) is 10.7. The van der Waals surface area contributed by atoms with Crippen LogP contribution in [0.3, 0.4) is 0 Å². The molecule has 1 aliphatic rings. The number of rotatable bonds is 3. The van der Waals surface area contributed by atoms with Gasteiger partial charge in [0.2, 0.25) is 0 Å². The molecule has 1 aromatic heterocycles. The molecule has 3 rings (SSSR count). The van der Waals surface area contributed by atoms with E-state index in [2.05, 4.69) is 4.98 Å². The second-order valence-electron chi connectivity index (χ2n) is 4.82. The fourth-order valence-corrected chi connectivity index (χ4v) is 2.51. The van der Waals surface area contributed by atoms with Crippen LogP contribution in [0.25, 0.3) is 11.1 Å². The maximum atomic E-state index is 10.9. The van der Waals surface area contributed by atoms with E-state index in [4.69, 9.17) is 11.6 Å². The van der Waals surface area contributed by atoms with E-state index in [-0.39, 0.29) is 10.9 Å². The van der Waals surface area contributed by atoms with E-state index >= 15 is 0 Å². The van der Waals surface area contributed by atoms with Gasteiger partial charge in [0.25, 0.3) is 0 Å². The Morgan fingerprint density at radius 1 is 1.18 bits per heavy atom. The highest BCUT2D eigenvalue weighted by molar-refractivity contribution is 6.31. The molecule has 0 bridgehead atoms. The van der Waals surface area contributed by atoms with Crippen molar-refractivity contribution in [3.8, 4) is 11.1 Å². The van der Waals surface area contributed by atoms with Crippen molar-refractivity contribution in [3.63, 3.8) is 0 Å². The van der Waals surface area contributed by atoms with Gasteiger partial charge in [0.05, 0.1) is 5.92 Å². The summed E-state index contributed by atoms with van der Waals surface area (Å²) in [5.74, 6) is -0.314. The van der Waals surface area contributed by atoms with E-state index in [0.29, 0.717) is 12.1 Å². The fraction of sp³-hybridized carbons (Fsp3) is 0.0588. The van der Waals surface area contributed by atoms with E-state index in [1.807, 2.05) is 42.5 Å². The average Bonchev–Trinajstić information content (AvgIpc) is 2.58. The molecule has 22 heavy (non-hydrogen) atoms. The lowest BCUT2D eigenvalue weighted by Crippen LogP contribution is -2.22. The Bertz CT molecular complexity index is 756. The number of aromatic nitrogens is 1. The van der Waals surface area contributed by atoms with E-state index < -0.39 is 5.92 Å². The maximum Gasteiger partial charge on any atom is 0.153 e. The van der Waals surface area contributed by atoms with Crippen molar-refractivity contribution in [2.45, 2.75) is 0 Å². The molecule has 5 heteroatoms. The Labute approximate surface area is 133 Å². The predicted octanol–water partition coefficient (Wildman–Crippen LogP) is 3.86. The lowest BCUT2D eigenvalue weighted by Gasteiger charge is -2.24. The summed E-state index contributed by atoms with van der Waals surface area (Å²) >= 11 is 6.14. The molecule has 0 saturated carbocycles. The molecule has 0 spiro atoms. The Hall–Kier alpha value is -2.59. The third-order valence-electron chi connectivity index (χ3n) is 3.43. The smallest absolute Gasteiger partial charge is 0.153 e. The van der Waals surface area contributed by atoms with Gasteiger partial charge in [-0.3, -0.25) is 4.90 Å². The summed E-state index contributed by atoms with van der Waals surface area (Å²) in [5.41, 5.74) is 2.04. The lowest BCUT2D eigenvalue weighted by atomic mass is 10.1. The Kier molecular flexibility index (Phi) is 3.94. The van der Waals surface area contributed by atoms with Crippen LogP contribution in [0.4, 0.5) is 5.82 Å². The van der Waals surface area contributed by atoms with Gasteiger partial charge in [0.15, 0.2) is 5.16 Å². The minimum absolute atomic E-state index is 0.0808. The van der Waals surface area contributed by atoms with Gasteiger partial charge in [-0.05, 0) is 29.3 Å². The first kappa shape index (κ1) is 14.4. The molecule has 0 saturated heterocycles. The van der Waals surface area contributed by atoms with Crippen LogP contribution in [0.5, 0.6) is 0 Å². The average molecular weight is 313 g/mol. The summed E-state index contributed by atoms with van der Waals surface area (Å²) in [7, 11) is 0. The predicted molar refractivity (Wildman–Crippen MR) is 86.4 cm³/mol. The Balaban J connectivity index is 1.99. The molecule has 1 atom stereocenters.